The van der Waals surface area contributed by atoms with Crippen molar-refractivity contribution >= 4 is 41.5 Å². The Morgan fingerprint density at radius 1 is 0.968 bits per heavy atom. The van der Waals surface area contributed by atoms with E-state index in [2.05, 4.69) is 81.4 Å². The molecule has 0 spiro atoms. The van der Waals surface area contributed by atoms with Crippen LogP contribution in [-0.2, 0) is 10.2 Å². The first-order chi connectivity index (χ1) is 14.8. The maximum absolute atomic E-state index is 10.7. The first-order valence-electron chi connectivity index (χ1n) is 10.4. The molecule has 0 bridgehead atoms. The molecule has 0 atom stereocenters. The Morgan fingerprint density at radius 2 is 1.65 bits per heavy atom. The molecular weight excluding hydrogens is 447 g/mol. The van der Waals surface area contributed by atoms with E-state index in [0.717, 1.165) is 12.0 Å². The summed E-state index contributed by atoms with van der Waals surface area (Å²) in [6, 6.07) is 23.9. The van der Waals surface area contributed by atoms with E-state index in [-0.39, 0.29) is 20.4 Å². The van der Waals surface area contributed by atoms with Gasteiger partial charge in [0.05, 0.1) is 0 Å². The van der Waals surface area contributed by atoms with Crippen LogP contribution >= 0.6 is 0 Å². The first kappa shape index (κ1) is 21.4. The number of allylic oxidation sites excluding steroid dienone is 1. The predicted octanol–water partition coefficient (Wildman–Crippen LogP) is 4.86. The average Bonchev–Trinajstić information content (AvgIpc) is 2.74. The molecule has 0 radical (unpaired) electrons. The number of benzene rings is 3. The van der Waals surface area contributed by atoms with E-state index < -0.39 is 5.97 Å². The number of carbonyl (C=O) groups is 1. The maximum atomic E-state index is 10.7. The van der Waals surface area contributed by atoms with E-state index in [1.54, 1.807) is 6.08 Å². The third-order valence-electron chi connectivity index (χ3n) is 5.72. The van der Waals surface area contributed by atoms with Gasteiger partial charge in [-0.3, -0.25) is 0 Å². The number of hydrogen-bond donors (Lipinski definition) is 1. The van der Waals surface area contributed by atoms with Crippen LogP contribution in [0.3, 0.4) is 0 Å². The molecule has 1 N–H and O–H groups in total. The Labute approximate surface area is 190 Å². The van der Waals surface area contributed by atoms with Crippen molar-refractivity contribution in [2.75, 3.05) is 0 Å². The monoisotopic (exact) mass is 474 g/mol. The van der Waals surface area contributed by atoms with E-state index >= 15 is 0 Å². The molecule has 0 unspecified atom stereocenters. The number of fused-ring (bicyclic) bond motifs is 1. The fourth-order valence-corrected chi connectivity index (χ4v) is 5.71. The molecule has 0 aliphatic heterocycles. The van der Waals surface area contributed by atoms with Crippen molar-refractivity contribution in [3.05, 3.63) is 107 Å². The molecule has 1 aliphatic carbocycles. The minimum absolute atomic E-state index is 0.112. The second kappa shape index (κ2) is 8.70. The topological polar surface area (TPSA) is 37.3 Å². The minimum atomic E-state index is -0.927. The fraction of sp³-hybridized carbons (Fsp3) is 0.179. The number of carboxylic acids is 1. The second-order valence-electron chi connectivity index (χ2n) is 8.62. The Hall–Kier alpha value is -2.87. The van der Waals surface area contributed by atoms with E-state index in [4.69, 9.17) is 5.11 Å². The molecule has 0 saturated heterocycles. The molecule has 2 nitrogen and oxygen atoms in total. The van der Waals surface area contributed by atoms with Gasteiger partial charge in [0, 0.05) is 0 Å². The molecule has 3 heteroatoms. The third kappa shape index (κ3) is 4.90. The standard InChI is InChI=1S/C28H26O2Se/c1-19-4-9-21(10-5-19)24-16-17-28(2,3)26-18-23(13-14-25(24)26)31-22-11-6-20(7-12-22)8-15-27(29)30/h4-16,18H,17H2,1-3H3,(H,29,30)/b15-8-. The van der Waals surface area contributed by atoms with Gasteiger partial charge in [0.1, 0.15) is 0 Å². The molecule has 0 fully saturated rings. The zero-order chi connectivity index (χ0) is 22.0. The zero-order valence-corrected chi connectivity index (χ0v) is 19.8. The van der Waals surface area contributed by atoms with Gasteiger partial charge < -0.3 is 0 Å². The summed E-state index contributed by atoms with van der Waals surface area (Å²) in [7, 11) is 0. The molecule has 31 heavy (non-hydrogen) atoms. The van der Waals surface area contributed by atoms with Gasteiger partial charge in [0.15, 0.2) is 0 Å². The van der Waals surface area contributed by atoms with E-state index in [0.29, 0.717) is 0 Å². The molecule has 3 aromatic rings. The quantitative estimate of drug-likeness (QED) is 0.425. The van der Waals surface area contributed by atoms with Crippen LogP contribution in [0.1, 0.15) is 48.1 Å². The van der Waals surface area contributed by atoms with Gasteiger partial charge >= 0.3 is 191 Å². The Morgan fingerprint density at radius 3 is 2.32 bits per heavy atom. The van der Waals surface area contributed by atoms with Crippen molar-refractivity contribution < 1.29 is 9.90 Å². The summed E-state index contributed by atoms with van der Waals surface area (Å²) in [5.41, 5.74) is 7.68. The van der Waals surface area contributed by atoms with Crippen LogP contribution in [-0.4, -0.2) is 26.0 Å². The first-order valence-corrected chi connectivity index (χ1v) is 12.1. The van der Waals surface area contributed by atoms with E-state index in [1.807, 2.05) is 12.1 Å². The van der Waals surface area contributed by atoms with Crippen LogP contribution in [0.4, 0.5) is 0 Å². The van der Waals surface area contributed by atoms with Crippen molar-refractivity contribution in [3.63, 3.8) is 0 Å². The molecule has 0 heterocycles. The van der Waals surface area contributed by atoms with Crippen LogP contribution in [0.15, 0.2) is 78.9 Å². The third-order valence-corrected chi connectivity index (χ3v) is 7.82. The van der Waals surface area contributed by atoms with Crippen molar-refractivity contribution in [1.82, 2.24) is 0 Å². The number of aliphatic carboxylic acids is 1. The normalized spacial score (nSPS) is 14.9. The summed E-state index contributed by atoms with van der Waals surface area (Å²) in [4.78, 5) is 10.7. The van der Waals surface area contributed by atoms with Crippen LogP contribution in [0.2, 0.25) is 0 Å². The van der Waals surface area contributed by atoms with Crippen LogP contribution < -0.4 is 8.92 Å². The molecule has 0 aromatic heterocycles. The van der Waals surface area contributed by atoms with E-state index in [9.17, 15) is 4.79 Å². The molecule has 3 aromatic carbocycles. The number of aryl methyl sites for hydroxylation is 1. The summed E-state index contributed by atoms with van der Waals surface area (Å²) in [6.45, 7) is 6.78. The molecule has 4 rings (SSSR count). The summed E-state index contributed by atoms with van der Waals surface area (Å²) in [5, 5.41) is 8.78. The Bertz CT molecular complexity index is 1170. The molecule has 1 aliphatic rings. The zero-order valence-electron chi connectivity index (χ0n) is 18.1. The Kier molecular flexibility index (Phi) is 6.00. The van der Waals surface area contributed by atoms with Crippen molar-refractivity contribution in [2.45, 2.75) is 32.6 Å². The number of rotatable bonds is 5. The van der Waals surface area contributed by atoms with Crippen molar-refractivity contribution in [3.8, 4) is 0 Å². The van der Waals surface area contributed by atoms with Gasteiger partial charge in [-0.25, -0.2) is 0 Å². The predicted molar refractivity (Wildman–Crippen MR) is 130 cm³/mol. The molecule has 0 amide bonds. The van der Waals surface area contributed by atoms with Gasteiger partial charge in [-0.2, -0.15) is 0 Å². The van der Waals surface area contributed by atoms with Crippen molar-refractivity contribution in [2.24, 2.45) is 0 Å². The Balaban J connectivity index is 1.62. The fourth-order valence-electron chi connectivity index (χ4n) is 3.92. The van der Waals surface area contributed by atoms with Crippen LogP contribution in [0.25, 0.3) is 11.6 Å². The van der Waals surface area contributed by atoms with Crippen LogP contribution in [0.5, 0.6) is 0 Å². The summed E-state index contributed by atoms with van der Waals surface area (Å²) < 4.78 is 2.64. The summed E-state index contributed by atoms with van der Waals surface area (Å²) in [5.74, 6) is -0.927. The van der Waals surface area contributed by atoms with Gasteiger partial charge in [-0.05, 0) is 0 Å². The van der Waals surface area contributed by atoms with E-state index in [1.165, 1.54) is 42.8 Å². The number of hydrogen-bond acceptors (Lipinski definition) is 1. The molecule has 156 valence electrons. The van der Waals surface area contributed by atoms with Gasteiger partial charge in [-0.15, -0.1) is 0 Å². The summed E-state index contributed by atoms with van der Waals surface area (Å²) in [6.07, 6.45) is 6.22. The van der Waals surface area contributed by atoms with Gasteiger partial charge in [0.2, 0.25) is 0 Å². The van der Waals surface area contributed by atoms with Crippen LogP contribution in [0, 0.1) is 6.92 Å². The van der Waals surface area contributed by atoms with Crippen molar-refractivity contribution in [1.29, 1.82) is 0 Å². The van der Waals surface area contributed by atoms with Gasteiger partial charge in [0.25, 0.3) is 0 Å². The molecule has 0 saturated carbocycles. The number of carboxylic acid groups (broad SMARTS) is 1. The molecular formula is C28H26O2Se. The van der Waals surface area contributed by atoms with Gasteiger partial charge in [-0.1, -0.05) is 0 Å². The second-order valence-corrected chi connectivity index (χ2v) is 11.0. The SMILES string of the molecule is Cc1ccc(C2=CCC(C)(C)c3cc([Se]c4ccc(/C=C\C(=O)O)cc4)ccc32)cc1. The summed E-state index contributed by atoms with van der Waals surface area (Å²) >= 11 is 0.200. The average molecular weight is 473 g/mol.